The molecule has 0 atom stereocenters. The molecule has 0 unspecified atom stereocenters. The summed E-state index contributed by atoms with van der Waals surface area (Å²) in [5.74, 6) is -0.284. The number of halogens is 1. The molecule has 1 N–H and O–H groups in total. The molecule has 136 valence electrons. The van der Waals surface area contributed by atoms with Gasteiger partial charge < -0.3 is 14.9 Å². The number of amides is 1. The Hall–Kier alpha value is -2.80. The number of nitrogens with zero attached hydrogens (tertiary/aromatic N) is 3. The lowest BCUT2D eigenvalue weighted by atomic mass is 10.1. The van der Waals surface area contributed by atoms with Gasteiger partial charge in [0.15, 0.2) is 0 Å². The summed E-state index contributed by atoms with van der Waals surface area (Å²) < 4.78 is 0. The second-order valence-corrected chi connectivity index (χ2v) is 6.63. The van der Waals surface area contributed by atoms with E-state index >= 15 is 0 Å². The van der Waals surface area contributed by atoms with Crippen molar-refractivity contribution < 1.29 is 14.8 Å². The Morgan fingerprint density at radius 2 is 1.85 bits per heavy atom. The molecule has 3 rings (SSSR count). The van der Waals surface area contributed by atoms with Gasteiger partial charge in [0.25, 0.3) is 11.6 Å². The molecule has 1 aliphatic rings. The van der Waals surface area contributed by atoms with Crippen LogP contribution in [0.3, 0.4) is 0 Å². The van der Waals surface area contributed by atoms with Crippen LogP contribution in [0.1, 0.15) is 15.9 Å². The van der Waals surface area contributed by atoms with E-state index in [-0.39, 0.29) is 22.9 Å². The first-order chi connectivity index (χ1) is 12.4. The molecule has 0 saturated carbocycles. The fraction of sp³-hybridized carbons (Fsp3) is 0.278. The number of carbonyl (C=O) groups is 1. The molecule has 0 aromatic heterocycles. The Morgan fingerprint density at radius 3 is 2.50 bits per heavy atom. The Bertz CT molecular complexity index is 864. The zero-order chi connectivity index (χ0) is 18.8. The minimum Gasteiger partial charge on any atom is -0.507 e. The van der Waals surface area contributed by atoms with Crippen molar-refractivity contribution in [2.75, 3.05) is 31.1 Å². The van der Waals surface area contributed by atoms with Gasteiger partial charge in [-0.3, -0.25) is 14.9 Å². The number of rotatable bonds is 3. The lowest BCUT2D eigenvalue weighted by molar-refractivity contribution is -0.384. The topological polar surface area (TPSA) is 86.9 Å². The van der Waals surface area contributed by atoms with Gasteiger partial charge in [0.05, 0.1) is 10.5 Å². The van der Waals surface area contributed by atoms with Crippen molar-refractivity contribution in [3.05, 3.63) is 62.7 Å². The van der Waals surface area contributed by atoms with Crippen molar-refractivity contribution in [1.82, 2.24) is 4.90 Å². The summed E-state index contributed by atoms with van der Waals surface area (Å²) in [5, 5.41) is 21.5. The fourth-order valence-corrected chi connectivity index (χ4v) is 3.22. The van der Waals surface area contributed by atoms with E-state index in [1.54, 1.807) is 29.2 Å². The zero-order valence-corrected chi connectivity index (χ0v) is 14.9. The molecule has 1 saturated heterocycles. The first-order valence-electron chi connectivity index (χ1n) is 8.14. The molecule has 1 amide bonds. The van der Waals surface area contributed by atoms with Crippen molar-refractivity contribution in [2.45, 2.75) is 6.92 Å². The summed E-state index contributed by atoms with van der Waals surface area (Å²) >= 11 is 5.86. The maximum atomic E-state index is 12.7. The van der Waals surface area contributed by atoms with Crippen LogP contribution in [-0.4, -0.2) is 47.0 Å². The number of aryl methyl sites for hydroxylation is 1. The third kappa shape index (κ3) is 3.57. The molecule has 2 aromatic carbocycles. The lowest BCUT2D eigenvalue weighted by Crippen LogP contribution is -2.49. The van der Waals surface area contributed by atoms with Crippen molar-refractivity contribution in [2.24, 2.45) is 0 Å². The number of anilines is 1. The van der Waals surface area contributed by atoms with Crippen LogP contribution in [0.4, 0.5) is 11.4 Å². The maximum absolute atomic E-state index is 12.7. The summed E-state index contributed by atoms with van der Waals surface area (Å²) in [5.41, 5.74) is 1.61. The zero-order valence-electron chi connectivity index (χ0n) is 14.2. The van der Waals surface area contributed by atoms with Crippen LogP contribution in [0.5, 0.6) is 5.75 Å². The van der Waals surface area contributed by atoms with Crippen LogP contribution in [-0.2, 0) is 0 Å². The molecule has 0 radical (unpaired) electrons. The standard InChI is InChI=1S/C18H18ClN3O4/c1-12-2-5-17(23)14(10-12)18(24)21-8-6-20(7-9-21)15-4-3-13(19)11-16(15)22(25)26/h2-5,10-11,23H,6-9H2,1H3. The average molecular weight is 376 g/mol. The SMILES string of the molecule is Cc1ccc(O)c(C(=O)N2CCN(c3ccc(Cl)cc3[N+](=O)[O-])CC2)c1. The number of phenolic OH excluding ortho intramolecular Hbond substituents is 1. The van der Waals surface area contributed by atoms with E-state index in [4.69, 9.17) is 11.6 Å². The monoisotopic (exact) mass is 375 g/mol. The number of aromatic hydroxyl groups is 1. The third-order valence-electron chi connectivity index (χ3n) is 4.42. The van der Waals surface area contributed by atoms with Gasteiger partial charge in [-0.2, -0.15) is 0 Å². The fourth-order valence-electron chi connectivity index (χ4n) is 3.05. The number of nitro benzene ring substituents is 1. The minimum absolute atomic E-state index is 0.0450. The van der Waals surface area contributed by atoms with Crippen LogP contribution >= 0.6 is 11.6 Å². The van der Waals surface area contributed by atoms with Crippen molar-refractivity contribution in [3.8, 4) is 5.75 Å². The Balaban J connectivity index is 1.75. The smallest absolute Gasteiger partial charge is 0.294 e. The summed E-state index contributed by atoms with van der Waals surface area (Å²) in [6.45, 7) is 3.59. The van der Waals surface area contributed by atoms with E-state index in [0.717, 1.165) is 5.56 Å². The van der Waals surface area contributed by atoms with Gasteiger partial charge in [-0.15, -0.1) is 0 Å². The quantitative estimate of drug-likeness (QED) is 0.657. The van der Waals surface area contributed by atoms with Crippen LogP contribution in [0.2, 0.25) is 5.02 Å². The Labute approximate surface area is 155 Å². The highest BCUT2D eigenvalue weighted by Crippen LogP contribution is 2.32. The molecular formula is C18H18ClN3O4. The molecule has 0 aliphatic carbocycles. The number of benzene rings is 2. The summed E-state index contributed by atoms with van der Waals surface area (Å²) in [6.07, 6.45) is 0. The second-order valence-electron chi connectivity index (χ2n) is 6.19. The summed E-state index contributed by atoms with van der Waals surface area (Å²) in [4.78, 5) is 27.0. The molecule has 1 fully saturated rings. The van der Waals surface area contributed by atoms with E-state index in [9.17, 15) is 20.0 Å². The van der Waals surface area contributed by atoms with Crippen molar-refractivity contribution in [3.63, 3.8) is 0 Å². The Morgan fingerprint density at radius 1 is 1.15 bits per heavy atom. The van der Waals surface area contributed by atoms with Gasteiger partial charge in [-0.1, -0.05) is 23.2 Å². The van der Waals surface area contributed by atoms with E-state index in [2.05, 4.69) is 0 Å². The molecule has 2 aromatic rings. The van der Waals surface area contributed by atoms with Gasteiger partial charge in [0.2, 0.25) is 0 Å². The first-order valence-corrected chi connectivity index (χ1v) is 8.52. The summed E-state index contributed by atoms with van der Waals surface area (Å²) in [6, 6.07) is 9.49. The highest BCUT2D eigenvalue weighted by atomic mass is 35.5. The average Bonchev–Trinajstić information content (AvgIpc) is 2.63. The number of phenols is 1. The first kappa shape index (κ1) is 18.0. The number of piperazine rings is 1. The van der Waals surface area contributed by atoms with Crippen molar-refractivity contribution >= 4 is 28.9 Å². The normalized spacial score (nSPS) is 14.4. The van der Waals surface area contributed by atoms with E-state index in [1.165, 1.54) is 12.1 Å². The third-order valence-corrected chi connectivity index (χ3v) is 4.66. The maximum Gasteiger partial charge on any atom is 0.294 e. The molecule has 0 spiro atoms. The van der Waals surface area contributed by atoms with Crippen molar-refractivity contribution in [1.29, 1.82) is 0 Å². The number of hydrogen-bond donors (Lipinski definition) is 1. The summed E-state index contributed by atoms with van der Waals surface area (Å²) in [7, 11) is 0. The van der Waals surface area contributed by atoms with E-state index in [1.807, 2.05) is 11.8 Å². The largest absolute Gasteiger partial charge is 0.507 e. The number of hydrogen-bond acceptors (Lipinski definition) is 5. The highest BCUT2D eigenvalue weighted by Gasteiger charge is 2.27. The molecule has 1 aliphatic heterocycles. The molecule has 8 heteroatoms. The van der Waals surface area contributed by atoms with Crippen LogP contribution in [0, 0.1) is 17.0 Å². The number of nitro groups is 1. The predicted molar refractivity (Wildman–Crippen MR) is 99.1 cm³/mol. The predicted octanol–water partition coefficient (Wildman–Crippen LogP) is 3.22. The van der Waals surface area contributed by atoms with E-state index in [0.29, 0.717) is 36.9 Å². The van der Waals surface area contributed by atoms with Crippen LogP contribution < -0.4 is 4.90 Å². The molecular weight excluding hydrogens is 358 g/mol. The lowest BCUT2D eigenvalue weighted by Gasteiger charge is -2.36. The molecule has 26 heavy (non-hydrogen) atoms. The van der Waals surface area contributed by atoms with Gasteiger partial charge in [-0.05, 0) is 31.2 Å². The van der Waals surface area contributed by atoms with Gasteiger partial charge in [0.1, 0.15) is 11.4 Å². The van der Waals surface area contributed by atoms with Gasteiger partial charge >= 0.3 is 0 Å². The van der Waals surface area contributed by atoms with E-state index < -0.39 is 4.92 Å². The second kappa shape index (κ2) is 7.21. The van der Waals surface area contributed by atoms with Crippen LogP contribution in [0.15, 0.2) is 36.4 Å². The molecule has 7 nitrogen and oxygen atoms in total. The van der Waals surface area contributed by atoms with Gasteiger partial charge in [-0.25, -0.2) is 0 Å². The Kier molecular flexibility index (Phi) is 4.99. The van der Waals surface area contributed by atoms with Crippen LogP contribution in [0.25, 0.3) is 0 Å². The highest BCUT2D eigenvalue weighted by molar-refractivity contribution is 6.30. The minimum atomic E-state index is -0.455. The molecule has 0 bridgehead atoms. The van der Waals surface area contributed by atoms with Gasteiger partial charge in [0, 0.05) is 37.3 Å². The molecule has 1 heterocycles. The number of carbonyl (C=O) groups excluding carboxylic acids is 1.